The summed E-state index contributed by atoms with van der Waals surface area (Å²) in [6, 6.07) is 19.0. The highest BCUT2D eigenvalue weighted by Gasteiger charge is 2.11. The van der Waals surface area contributed by atoms with Gasteiger partial charge < -0.3 is 19.0 Å². The van der Waals surface area contributed by atoms with E-state index in [0.717, 1.165) is 54.8 Å². The molecule has 4 aromatic rings. The van der Waals surface area contributed by atoms with Crippen molar-refractivity contribution in [2.24, 2.45) is 0 Å². The first-order chi connectivity index (χ1) is 15.7. The average molecular weight is 452 g/mol. The Hall–Kier alpha value is -3.25. The van der Waals surface area contributed by atoms with Crippen LogP contribution >= 0.6 is 11.6 Å². The van der Waals surface area contributed by atoms with E-state index in [-0.39, 0.29) is 5.91 Å². The zero-order chi connectivity index (χ0) is 22.2. The maximum Gasteiger partial charge on any atom is 0.286 e. The van der Waals surface area contributed by atoms with Crippen LogP contribution in [-0.2, 0) is 13.0 Å². The molecular weight excluding hydrogens is 426 g/mol. The molecule has 0 spiro atoms. The Balaban J connectivity index is 1.28. The molecule has 4 rings (SSSR count). The number of benzene rings is 2. The largest absolute Gasteiger partial charge is 0.492 e. The van der Waals surface area contributed by atoms with Crippen LogP contribution in [0.3, 0.4) is 0 Å². The molecule has 0 bridgehead atoms. The van der Waals surface area contributed by atoms with Gasteiger partial charge in [0.2, 0.25) is 0 Å². The number of rotatable bonds is 11. The number of furan rings is 1. The molecule has 166 valence electrons. The van der Waals surface area contributed by atoms with Gasteiger partial charge in [0.25, 0.3) is 5.91 Å². The lowest BCUT2D eigenvalue weighted by atomic mass is 10.2. The third-order valence-electron chi connectivity index (χ3n) is 5.24. The number of fused-ring (bicyclic) bond motifs is 1. The van der Waals surface area contributed by atoms with Crippen molar-refractivity contribution in [3.8, 4) is 5.75 Å². The van der Waals surface area contributed by atoms with Gasteiger partial charge in [0.05, 0.1) is 23.8 Å². The molecule has 0 fully saturated rings. The number of ether oxygens (including phenoxy) is 1. The fourth-order valence-corrected chi connectivity index (χ4v) is 3.76. The van der Waals surface area contributed by atoms with E-state index in [1.807, 2.05) is 42.5 Å². The van der Waals surface area contributed by atoms with E-state index in [0.29, 0.717) is 23.9 Å². The normalized spacial score (nSPS) is 11.0. The fraction of sp³-hybridized carbons (Fsp3) is 0.280. The van der Waals surface area contributed by atoms with Crippen molar-refractivity contribution in [3.05, 3.63) is 83.5 Å². The minimum atomic E-state index is -0.169. The highest BCUT2D eigenvalue weighted by Crippen LogP contribution is 2.19. The quantitative estimate of drug-likeness (QED) is 0.305. The van der Waals surface area contributed by atoms with E-state index in [9.17, 15) is 4.79 Å². The molecule has 0 radical (unpaired) electrons. The summed E-state index contributed by atoms with van der Waals surface area (Å²) in [4.78, 5) is 16.7. The summed E-state index contributed by atoms with van der Waals surface area (Å²) in [6.45, 7) is 1.90. The van der Waals surface area contributed by atoms with Gasteiger partial charge in [-0.2, -0.15) is 0 Å². The second-order valence-corrected chi connectivity index (χ2v) is 7.95. The molecule has 0 unspecified atom stereocenters. The Kier molecular flexibility index (Phi) is 7.46. The average Bonchev–Trinajstić information content (AvgIpc) is 3.46. The zero-order valence-electron chi connectivity index (χ0n) is 17.8. The first kappa shape index (κ1) is 22.0. The first-order valence-electron chi connectivity index (χ1n) is 10.8. The molecule has 2 aromatic heterocycles. The van der Waals surface area contributed by atoms with Crippen LogP contribution in [0.5, 0.6) is 5.75 Å². The second-order valence-electron chi connectivity index (χ2n) is 7.51. The van der Waals surface area contributed by atoms with Crippen molar-refractivity contribution in [1.82, 2.24) is 14.9 Å². The Morgan fingerprint density at radius 1 is 1.03 bits per heavy atom. The Labute approximate surface area is 192 Å². The van der Waals surface area contributed by atoms with Crippen molar-refractivity contribution in [3.63, 3.8) is 0 Å². The lowest BCUT2D eigenvalue weighted by Crippen LogP contribution is -2.23. The highest BCUT2D eigenvalue weighted by atomic mass is 35.5. The highest BCUT2D eigenvalue weighted by molar-refractivity contribution is 6.30. The van der Waals surface area contributed by atoms with Crippen LogP contribution in [0.1, 0.15) is 35.6 Å². The smallest absolute Gasteiger partial charge is 0.286 e. The summed E-state index contributed by atoms with van der Waals surface area (Å²) < 4.78 is 13.2. The molecule has 2 heterocycles. The lowest BCUT2D eigenvalue weighted by Gasteiger charge is -2.11. The molecule has 2 aromatic carbocycles. The molecule has 0 saturated heterocycles. The summed E-state index contributed by atoms with van der Waals surface area (Å²) in [5.41, 5.74) is 2.12. The molecule has 1 N–H and O–H groups in total. The Morgan fingerprint density at radius 2 is 1.88 bits per heavy atom. The maximum absolute atomic E-state index is 11.9. The van der Waals surface area contributed by atoms with Gasteiger partial charge in [-0.15, -0.1) is 0 Å². The molecule has 1 amide bonds. The summed E-state index contributed by atoms with van der Waals surface area (Å²) in [7, 11) is 0. The predicted octanol–water partition coefficient (Wildman–Crippen LogP) is 5.50. The minimum absolute atomic E-state index is 0.169. The van der Waals surface area contributed by atoms with Crippen LogP contribution in [0.15, 0.2) is 71.3 Å². The number of unbranched alkanes of at least 4 members (excludes halogenated alkanes) is 2. The molecule has 0 aliphatic rings. The third kappa shape index (κ3) is 5.71. The van der Waals surface area contributed by atoms with Crippen LogP contribution < -0.4 is 10.1 Å². The number of nitrogens with zero attached hydrogens (tertiary/aromatic N) is 2. The van der Waals surface area contributed by atoms with Gasteiger partial charge in [-0.25, -0.2) is 4.98 Å². The summed E-state index contributed by atoms with van der Waals surface area (Å²) in [5, 5.41) is 3.58. The second kappa shape index (κ2) is 10.9. The number of carbonyl (C=O) groups excluding carboxylic acids is 1. The van der Waals surface area contributed by atoms with E-state index < -0.39 is 0 Å². The molecule has 32 heavy (non-hydrogen) atoms. The van der Waals surface area contributed by atoms with E-state index in [1.54, 1.807) is 12.1 Å². The summed E-state index contributed by atoms with van der Waals surface area (Å²) in [5.74, 6) is 2.04. The third-order valence-corrected chi connectivity index (χ3v) is 5.49. The van der Waals surface area contributed by atoms with E-state index in [1.165, 1.54) is 6.26 Å². The number of amides is 1. The number of para-hydroxylation sites is 2. The molecule has 0 atom stereocenters. The first-order valence-corrected chi connectivity index (χ1v) is 11.2. The Morgan fingerprint density at radius 3 is 2.69 bits per heavy atom. The zero-order valence-corrected chi connectivity index (χ0v) is 18.6. The van der Waals surface area contributed by atoms with Crippen molar-refractivity contribution in [2.75, 3.05) is 13.2 Å². The van der Waals surface area contributed by atoms with Gasteiger partial charge >= 0.3 is 0 Å². The van der Waals surface area contributed by atoms with Gasteiger partial charge in [-0.05, 0) is 61.4 Å². The van der Waals surface area contributed by atoms with Gasteiger partial charge in [0.15, 0.2) is 5.76 Å². The predicted molar refractivity (Wildman–Crippen MR) is 125 cm³/mol. The fourth-order valence-electron chi connectivity index (χ4n) is 3.63. The van der Waals surface area contributed by atoms with Gasteiger partial charge in [0.1, 0.15) is 18.2 Å². The standard InChI is InChI=1S/C25H26ClN3O3/c26-19-11-13-20(14-12-19)31-18-16-29-22-8-4-3-7-21(22)28-24(29)10-2-1-5-15-27-25(30)23-9-6-17-32-23/h3-4,6-9,11-14,17H,1-2,5,10,15-16,18H2,(H,27,30). The number of hydrogen-bond donors (Lipinski definition) is 1. The molecule has 7 heteroatoms. The van der Waals surface area contributed by atoms with Crippen LogP contribution in [0.25, 0.3) is 11.0 Å². The monoisotopic (exact) mass is 451 g/mol. The number of hydrogen-bond acceptors (Lipinski definition) is 4. The van der Waals surface area contributed by atoms with Crippen LogP contribution in [-0.4, -0.2) is 28.6 Å². The van der Waals surface area contributed by atoms with Crippen LogP contribution in [0, 0.1) is 0 Å². The van der Waals surface area contributed by atoms with E-state index in [2.05, 4.69) is 16.0 Å². The molecular formula is C25H26ClN3O3. The van der Waals surface area contributed by atoms with Crippen LogP contribution in [0.2, 0.25) is 5.02 Å². The minimum Gasteiger partial charge on any atom is -0.492 e. The lowest BCUT2D eigenvalue weighted by molar-refractivity contribution is 0.0925. The molecule has 6 nitrogen and oxygen atoms in total. The van der Waals surface area contributed by atoms with Gasteiger partial charge in [-0.3, -0.25) is 4.79 Å². The van der Waals surface area contributed by atoms with E-state index in [4.69, 9.17) is 25.7 Å². The molecule has 0 aliphatic carbocycles. The number of nitrogens with one attached hydrogen (secondary N) is 1. The Bertz CT molecular complexity index is 1140. The van der Waals surface area contributed by atoms with E-state index >= 15 is 0 Å². The van der Waals surface area contributed by atoms with Crippen molar-refractivity contribution >= 4 is 28.5 Å². The SMILES string of the molecule is O=C(NCCCCCc1nc2ccccc2n1CCOc1ccc(Cl)cc1)c1ccco1. The number of halogens is 1. The molecule has 0 saturated carbocycles. The maximum atomic E-state index is 11.9. The number of aryl methyl sites for hydroxylation is 1. The summed E-state index contributed by atoms with van der Waals surface area (Å²) >= 11 is 5.94. The topological polar surface area (TPSA) is 69.3 Å². The van der Waals surface area contributed by atoms with Crippen LogP contribution in [0.4, 0.5) is 0 Å². The van der Waals surface area contributed by atoms with Crippen molar-refractivity contribution < 1.29 is 13.9 Å². The number of aromatic nitrogens is 2. The molecule has 0 aliphatic heterocycles. The van der Waals surface area contributed by atoms with Crippen molar-refractivity contribution in [1.29, 1.82) is 0 Å². The van der Waals surface area contributed by atoms with Crippen molar-refractivity contribution in [2.45, 2.75) is 32.2 Å². The number of carbonyl (C=O) groups is 1. The number of imidazole rings is 1. The van der Waals surface area contributed by atoms with Gasteiger partial charge in [0, 0.05) is 18.0 Å². The van der Waals surface area contributed by atoms with Gasteiger partial charge in [-0.1, -0.05) is 30.2 Å². The summed E-state index contributed by atoms with van der Waals surface area (Å²) in [6.07, 6.45) is 5.29.